The summed E-state index contributed by atoms with van der Waals surface area (Å²) in [5.41, 5.74) is 4.38. The first-order chi connectivity index (χ1) is 11.6. The number of aromatic nitrogens is 1. The second kappa shape index (κ2) is 5.17. The molecule has 0 aliphatic carbocycles. The highest BCUT2D eigenvalue weighted by molar-refractivity contribution is 6.10. The second-order valence-electron chi connectivity index (χ2n) is 5.87. The van der Waals surface area contributed by atoms with Crippen molar-refractivity contribution in [3.05, 3.63) is 65.6 Å². The van der Waals surface area contributed by atoms with E-state index in [-0.39, 0.29) is 5.82 Å². The van der Waals surface area contributed by atoms with Gasteiger partial charge in [-0.1, -0.05) is 0 Å². The van der Waals surface area contributed by atoms with Gasteiger partial charge in [0.25, 0.3) is 0 Å². The van der Waals surface area contributed by atoms with Gasteiger partial charge in [0.1, 0.15) is 30.1 Å². The van der Waals surface area contributed by atoms with E-state index < -0.39 is 0 Å². The smallest absolute Gasteiger partial charge is 0.213 e. The summed E-state index contributed by atoms with van der Waals surface area (Å²) in [4.78, 5) is 0. The number of hydrogen-bond acceptors (Lipinski definition) is 2. The molecule has 0 aliphatic rings. The van der Waals surface area contributed by atoms with E-state index in [2.05, 4.69) is 6.07 Å². The number of nitrogens with zero attached hydrogens (tertiary/aromatic N) is 2. The molecular weight excluding hydrogens is 303 g/mol. The van der Waals surface area contributed by atoms with Gasteiger partial charge in [-0.05, 0) is 36.8 Å². The molecule has 0 bridgehead atoms. The summed E-state index contributed by atoms with van der Waals surface area (Å²) in [6.07, 6.45) is 1.95. The summed E-state index contributed by atoms with van der Waals surface area (Å²) in [7, 11) is 1.95. The highest BCUT2D eigenvalue weighted by Gasteiger charge is 2.22. The number of hydrogen-bond donors (Lipinski definition) is 0. The van der Waals surface area contributed by atoms with Crippen molar-refractivity contribution >= 4 is 21.9 Å². The Morgan fingerprint density at radius 3 is 2.71 bits per heavy atom. The van der Waals surface area contributed by atoms with Gasteiger partial charge in [-0.25, -0.2) is 8.96 Å². The van der Waals surface area contributed by atoms with Gasteiger partial charge in [0.05, 0.1) is 11.1 Å². The Balaban J connectivity index is 2.20. The van der Waals surface area contributed by atoms with Gasteiger partial charge >= 0.3 is 0 Å². The number of halogens is 1. The first-order valence-electron chi connectivity index (χ1n) is 7.60. The van der Waals surface area contributed by atoms with Crippen LogP contribution < -0.4 is 4.57 Å². The van der Waals surface area contributed by atoms with E-state index >= 15 is 0 Å². The van der Waals surface area contributed by atoms with Crippen LogP contribution in [0.2, 0.25) is 0 Å². The zero-order chi connectivity index (χ0) is 16.8. The van der Waals surface area contributed by atoms with E-state index in [0.717, 1.165) is 27.6 Å². The fourth-order valence-electron chi connectivity index (χ4n) is 3.26. The molecule has 4 aromatic rings. The average molecular weight is 317 g/mol. The lowest BCUT2D eigenvalue weighted by molar-refractivity contribution is -0.660. The number of furan rings is 1. The Bertz CT molecular complexity index is 1150. The minimum atomic E-state index is -0.355. The first-order valence-corrected chi connectivity index (χ1v) is 7.60. The molecule has 0 unspecified atom stereocenters. The van der Waals surface area contributed by atoms with Gasteiger partial charge in [-0.2, -0.15) is 5.26 Å². The third-order valence-electron chi connectivity index (χ3n) is 4.34. The molecule has 0 aliphatic heterocycles. The summed E-state index contributed by atoms with van der Waals surface area (Å²) >= 11 is 0. The van der Waals surface area contributed by atoms with Crippen molar-refractivity contribution in [3.8, 4) is 17.3 Å². The Morgan fingerprint density at radius 2 is 1.96 bits per heavy atom. The summed E-state index contributed by atoms with van der Waals surface area (Å²) in [5.74, 6) is -0.355. The summed E-state index contributed by atoms with van der Waals surface area (Å²) in [5, 5.41) is 11.3. The van der Waals surface area contributed by atoms with Crippen molar-refractivity contribution in [3.63, 3.8) is 0 Å². The van der Waals surface area contributed by atoms with Crippen molar-refractivity contribution < 1.29 is 13.4 Å². The Morgan fingerprint density at radius 1 is 1.12 bits per heavy atom. The van der Waals surface area contributed by atoms with Crippen LogP contribution in [0, 0.1) is 24.1 Å². The lowest BCUT2D eigenvalue weighted by Crippen LogP contribution is -2.30. The molecule has 0 fully saturated rings. The zero-order valence-electron chi connectivity index (χ0n) is 13.3. The molecule has 0 spiro atoms. The molecule has 0 N–H and O–H groups in total. The minimum Gasteiger partial charge on any atom is -0.456 e. The number of rotatable bonds is 1. The Kier molecular flexibility index (Phi) is 3.10. The predicted molar refractivity (Wildman–Crippen MR) is 89.7 cm³/mol. The van der Waals surface area contributed by atoms with Crippen molar-refractivity contribution in [2.45, 2.75) is 6.92 Å². The van der Waals surface area contributed by atoms with E-state index in [9.17, 15) is 9.65 Å². The SMILES string of the molecule is Cc1cc2oc3cc(F)ccc3c2c(C#N)c1-c1cccc[n+]1C. The van der Waals surface area contributed by atoms with Crippen LogP contribution in [-0.2, 0) is 7.05 Å². The lowest BCUT2D eigenvalue weighted by Gasteiger charge is -2.07. The van der Waals surface area contributed by atoms with Gasteiger partial charge in [0, 0.05) is 29.0 Å². The molecule has 4 rings (SSSR count). The number of nitriles is 1. The number of aryl methyl sites for hydroxylation is 2. The molecule has 0 saturated heterocycles. The molecule has 116 valence electrons. The lowest BCUT2D eigenvalue weighted by atomic mass is 9.94. The van der Waals surface area contributed by atoms with Crippen molar-refractivity contribution in [2.24, 2.45) is 7.05 Å². The summed E-state index contributed by atoms with van der Waals surface area (Å²) in [6, 6.07) is 14.5. The van der Waals surface area contributed by atoms with Crippen LogP contribution in [0.4, 0.5) is 4.39 Å². The van der Waals surface area contributed by atoms with Crippen LogP contribution in [0.15, 0.2) is 53.1 Å². The van der Waals surface area contributed by atoms with Gasteiger partial charge in [-0.3, -0.25) is 0 Å². The molecule has 0 radical (unpaired) electrons. The van der Waals surface area contributed by atoms with E-state index in [4.69, 9.17) is 4.42 Å². The average Bonchev–Trinajstić information content (AvgIpc) is 2.91. The van der Waals surface area contributed by atoms with Gasteiger partial charge in [0.15, 0.2) is 6.20 Å². The topological polar surface area (TPSA) is 40.8 Å². The quantitative estimate of drug-likeness (QED) is 0.488. The predicted octanol–water partition coefficient (Wildman–Crippen LogP) is 4.40. The third kappa shape index (κ3) is 1.99. The molecule has 0 saturated carbocycles. The van der Waals surface area contributed by atoms with Crippen LogP contribution in [0.3, 0.4) is 0 Å². The molecule has 4 heteroatoms. The fourth-order valence-corrected chi connectivity index (χ4v) is 3.26. The Hall–Kier alpha value is -3.19. The van der Waals surface area contributed by atoms with E-state index in [1.165, 1.54) is 12.1 Å². The molecule has 2 aromatic heterocycles. The van der Waals surface area contributed by atoms with Crippen molar-refractivity contribution in [2.75, 3.05) is 0 Å². The standard InChI is InChI=1S/C20H14FN2O/c1-12-9-18-20(14-7-6-13(21)10-17(14)24-18)15(11-22)19(12)16-5-3-4-8-23(16)2/h3-10H,1-2H3/q+1. The molecule has 3 nitrogen and oxygen atoms in total. The highest BCUT2D eigenvalue weighted by atomic mass is 19.1. The maximum atomic E-state index is 13.5. The van der Waals surface area contributed by atoms with E-state index in [0.29, 0.717) is 16.7 Å². The maximum absolute atomic E-state index is 13.5. The van der Waals surface area contributed by atoms with Crippen LogP contribution >= 0.6 is 0 Å². The maximum Gasteiger partial charge on any atom is 0.213 e. The van der Waals surface area contributed by atoms with Crippen LogP contribution in [0.5, 0.6) is 0 Å². The van der Waals surface area contributed by atoms with E-state index in [1.807, 2.05) is 49.0 Å². The van der Waals surface area contributed by atoms with Crippen LogP contribution in [-0.4, -0.2) is 0 Å². The summed E-state index contributed by atoms with van der Waals surface area (Å²) < 4.78 is 21.3. The monoisotopic (exact) mass is 317 g/mol. The second-order valence-corrected chi connectivity index (χ2v) is 5.87. The van der Waals surface area contributed by atoms with Gasteiger partial charge in [-0.15, -0.1) is 0 Å². The molecular formula is C20H14FN2O+. The van der Waals surface area contributed by atoms with Crippen molar-refractivity contribution in [1.29, 1.82) is 5.26 Å². The molecule has 2 aromatic carbocycles. The zero-order valence-corrected chi connectivity index (χ0v) is 13.3. The van der Waals surface area contributed by atoms with Gasteiger partial charge in [0.2, 0.25) is 5.69 Å². The van der Waals surface area contributed by atoms with Crippen LogP contribution in [0.1, 0.15) is 11.1 Å². The normalized spacial score (nSPS) is 11.1. The van der Waals surface area contributed by atoms with Gasteiger partial charge < -0.3 is 4.42 Å². The molecule has 24 heavy (non-hydrogen) atoms. The highest BCUT2D eigenvalue weighted by Crippen LogP contribution is 2.37. The number of fused-ring (bicyclic) bond motifs is 3. The van der Waals surface area contributed by atoms with Crippen molar-refractivity contribution in [1.82, 2.24) is 0 Å². The molecule has 0 amide bonds. The Labute approximate surface area is 138 Å². The fraction of sp³-hybridized carbons (Fsp3) is 0.100. The molecule has 2 heterocycles. The third-order valence-corrected chi connectivity index (χ3v) is 4.34. The first kappa shape index (κ1) is 14.4. The minimum absolute atomic E-state index is 0.355. The van der Waals surface area contributed by atoms with Crippen LogP contribution in [0.25, 0.3) is 33.2 Å². The number of pyridine rings is 1. The summed E-state index contributed by atoms with van der Waals surface area (Å²) in [6.45, 7) is 1.95. The van der Waals surface area contributed by atoms with E-state index in [1.54, 1.807) is 6.07 Å². The largest absolute Gasteiger partial charge is 0.456 e. The molecule has 0 atom stereocenters. The number of benzene rings is 2.